The molecule has 1 saturated heterocycles. The highest BCUT2D eigenvalue weighted by Gasteiger charge is 2.15. The van der Waals surface area contributed by atoms with E-state index < -0.39 is 5.97 Å². The van der Waals surface area contributed by atoms with E-state index in [0.717, 1.165) is 25.9 Å². The lowest BCUT2D eigenvalue weighted by molar-refractivity contribution is -0.00460. The summed E-state index contributed by atoms with van der Waals surface area (Å²) in [6.45, 7) is 1.17. The second-order valence-corrected chi connectivity index (χ2v) is 5.26. The molecule has 3 rings (SSSR count). The highest BCUT2D eigenvalue weighted by molar-refractivity contribution is 5.87. The minimum absolute atomic E-state index is 0.215. The van der Waals surface area contributed by atoms with Crippen LogP contribution >= 0.6 is 0 Å². The Hall–Kier alpha value is -2.21. The molecule has 3 heterocycles. The number of rotatable bonds is 5. The minimum atomic E-state index is -0.405. The molecule has 1 aliphatic rings. The van der Waals surface area contributed by atoms with Gasteiger partial charge in [-0.05, 0) is 31.4 Å². The minimum Gasteiger partial charge on any atom is -0.461 e. The van der Waals surface area contributed by atoms with Gasteiger partial charge in [0.15, 0.2) is 5.69 Å². The first-order chi connectivity index (χ1) is 10.8. The second-order valence-electron chi connectivity index (χ2n) is 5.26. The molecular weight excluding hydrogens is 282 g/mol. The van der Waals surface area contributed by atoms with Gasteiger partial charge in [-0.15, -0.1) is 0 Å². The SMILES string of the molecule is O=C(OCC[C@H]1CCCCO1)c1cccc(-n2ccnc2)n1. The van der Waals surface area contributed by atoms with Gasteiger partial charge in [0.05, 0.1) is 12.7 Å². The number of nitrogens with zero attached hydrogens (tertiary/aromatic N) is 3. The van der Waals surface area contributed by atoms with Gasteiger partial charge >= 0.3 is 5.97 Å². The lowest BCUT2D eigenvalue weighted by Crippen LogP contribution is -2.21. The van der Waals surface area contributed by atoms with Crippen molar-refractivity contribution in [2.24, 2.45) is 0 Å². The number of imidazole rings is 1. The maximum absolute atomic E-state index is 12.1. The zero-order valence-electron chi connectivity index (χ0n) is 12.4. The smallest absolute Gasteiger partial charge is 0.357 e. The van der Waals surface area contributed by atoms with Crippen LogP contribution in [0.4, 0.5) is 0 Å². The number of ether oxygens (including phenoxy) is 2. The Labute approximate surface area is 129 Å². The molecule has 1 fully saturated rings. The molecule has 6 heteroatoms. The second kappa shape index (κ2) is 7.17. The third-order valence-electron chi connectivity index (χ3n) is 3.66. The fraction of sp³-hybridized carbons (Fsp3) is 0.438. The Morgan fingerprint density at radius 3 is 3.14 bits per heavy atom. The van der Waals surface area contributed by atoms with Gasteiger partial charge in [0.1, 0.15) is 12.1 Å². The third-order valence-corrected chi connectivity index (χ3v) is 3.66. The standard InChI is InChI=1S/C16H19N3O3/c20-16(22-11-7-13-4-1-2-10-21-13)14-5-3-6-15(18-14)19-9-8-17-12-19/h3,5-6,8-9,12-13H,1-2,4,7,10-11H2/t13-/m1/s1. The van der Waals surface area contributed by atoms with Gasteiger partial charge in [0.2, 0.25) is 0 Å². The summed E-state index contributed by atoms with van der Waals surface area (Å²) in [5.41, 5.74) is 0.302. The van der Waals surface area contributed by atoms with Gasteiger partial charge in [-0.2, -0.15) is 0 Å². The van der Waals surface area contributed by atoms with E-state index in [2.05, 4.69) is 9.97 Å². The molecule has 0 amide bonds. The lowest BCUT2D eigenvalue weighted by Gasteiger charge is -2.22. The predicted octanol–water partition coefficient (Wildman–Crippen LogP) is 2.38. The Morgan fingerprint density at radius 2 is 2.36 bits per heavy atom. The van der Waals surface area contributed by atoms with Crippen LogP contribution in [0, 0.1) is 0 Å². The zero-order valence-corrected chi connectivity index (χ0v) is 12.4. The van der Waals surface area contributed by atoms with Crippen LogP contribution in [-0.2, 0) is 9.47 Å². The van der Waals surface area contributed by atoms with Gasteiger partial charge in [0, 0.05) is 25.4 Å². The summed E-state index contributed by atoms with van der Waals surface area (Å²) in [5, 5.41) is 0. The molecule has 0 unspecified atom stereocenters. The third kappa shape index (κ3) is 3.71. The summed E-state index contributed by atoms with van der Waals surface area (Å²) < 4.78 is 12.7. The Kier molecular flexibility index (Phi) is 4.80. The molecule has 0 N–H and O–H groups in total. The summed E-state index contributed by atoms with van der Waals surface area (Å²) in [4.78, 5) is 20.3. The highest BCUT2D eigenvalue weighted by Crippen LogP contribution is 2.15. The molecular formula is C16H19N3O3. The number of esters is 1. The molecule has 0 radical (unpaired) electrons. The molecule has 116 valence electrons. The van der Waals surface area contributed by atoms with E-state index in [9.17, 15) is 4.79 Å². The Morgan fingerprint density at radius 1 is 1.41 bits per heavy atom. The molecule has 1 aliphatic heterocycles. The number of carbonyl (C=O) groups is 1. The van der Waals surface area contributed by atoms with Crippen LogP contribution in [0.3, 0.4) is 0 Å². The molecule has 2 aromatic heterocycles. The van der Waals surface area contributed by atoms with Crippen molar-refractivity contribution < 1.29 is 14.3 Å². The molecule has 6 nitrogen and oxygen atoms in total. The number of carbonyl (C=O) groups excluding carboxylic acids is 1. The van der Waals surface area contributed by atoms with Crippen LogP contribution in [-0.4, -0.2) is 39.8 Å². The fourth-order valence-corrected chi connectivity index (χ4v) is 2.47. The first-order valence-corrected chi connectivity index (χ1v) is 7.57. The molecule has 22 heavy (non-hydrogen) atoms. The van der Waals surface area contributed by atoms with Crippen LogP contribution in [0.5, 0.6) is 0 Å². The maximum Gasteiger partial charge on any atom is 0.357 e. The maximum atomic E-state index is 12.1. The van der Waals surface area contributed by atoms with Crippen LogP contribution in [0.25, 0.3) is 5.82 Å². The summed E-state index contributed by atoms with van der Waals surface area (Å²) in [6.07, 6.45) is 9.39. The molecule has 0 spiro atoms. The van der Waals surface area contributed by atoms with Gasteiger partial charge in [0.25, 0.3) is 0 Å². The van der Waals surface area contributed by atoms with E-state index in [4.69, 9.17) is 9.47 Å². The van der Waals surface area contributed by atoms with Crippen LogP contribution in [0.2, 0.25) is 0 Å². The van der Waals surface area contributed by atoms with Gasteiger partial charge in [-0.3, -0.25) is 4.57 Å². The van der Waals surface area contributed by atoms with E-state index in [1.165, 1.54) is 6.42 Å². The number of aromatic nitrogens is 3. The van der Waals surface area contributed by atoms with Crippen molar-refractivity contribution in [2.75, 3.05) is 13.2 Å². The molecule has 1 atom stereocenters. The summed E-state index contributed by atoms with van der Waals surface area (Å²) in [7, 11) is 0. The molecule has 0 bridgehead atoms. The highest BCUT2D eigenvalue weighted by atomic mass is 16.5. The average Bonchev–Trinajstić information content (AvgIpc) is 3.10. The van der Waals surface area contributed by atoms with Gasteiger partial charge in [-0.25, -0.2) is 14.8 Å². The number of pyridine rings is 1. The van der Waals surface area contributed by atoms with Crippen molar-refractivity contribution in [1.29, 1.82) is 0 Å². The summed E-state index contributed by atoms with van der Waals surface area (Å²) >= 11 is 0. The molecule has 0 aliphatic carbocycles. The van der Waals surface area contributed by atoms with Crippen molar-refractivity contribution in [3.63, 3.8) is 0 Å². The molecule has 0 aromatic carbocycles. The first kappa shape index (κ1) is 14.7. The topological polar surface area (TPSA) is 66.2 Å². The fourth-order valence-electron chi connectivity index (χ4n) is 2.47. The van der Waals surface area contributed by atoms with Crippen molar-refractivity contribution in [3.8, 4) is 5.82 Å². The normalized spacial score (nSPS) is 18.1. The number of hydrogen-bond donors (Lipinski definition) is 0. The Bertz CT molecular complexity index is 607. The van der Waals surface area contributed by atoms with Crippen molar-refractivity contribution >= 4 is 5.97 Å². The van der Waals surface area contributed by atoms with Crippen molar-refractivity contribution in [2.45, 2.75) is 31.8 Å². The monoisotopic (exact) mass is 301 g/mol. The van der Waals surface area contributed by atoms with E-state index in [-0.39, 0.29) is 6.10 Å². The van der Waals surface area contributed by atoms with Gasteiger partial charge in [-0.1, -0.05) is 6.07 Å². The largest absolute Gasteiger partial charge is 0.461 e. The average molecular weight is 301 g/mol. The molecule has 2 aromatic rings. The van der Waals surface area contributed by atoms with Crippen LogP contribution < -0.4 is 0 Å². The lowest BCUT2D eigenvalue weighted by atomic mass is 10.1. The van der Waals surface area contributed by atoms with E-state index in [1.54, 1.807) is 35.4 Å². The van der Waals surface area contributed by atoms with E-state index in [1.807, 2.05) is 6.07 Å². The quantitative estimate of drug-likeness (QED) is 0.793. The zero-order chi connectivity index (χ0) is 15.2. The van der Waals surface area contributed by atoms with E-state index in [0.29, 0.717) is 18.1 Å². The first-order valence-electron chi connectivity index (χ1n) is 7.57. The predicted molar refractivity (Wildman–Crippen MR) is 79.8 cm³/mol. The van der Waals surface area contributed by atoms with Crippen LogP contribution in [0.1, 0.15) is 36.2 Å². The Balaban J connectivity index is 1.54. The summed E-state index contributed by atoms with van der Waals surface area (Å²) in [5.74, 6) is 0.236. The summed E-state index contributed by atoms with van der Waals surface area (Å²) in [6, 6.07) is 5.25. The van der Waals surface area contributed by atoms with Crippen LogP contribution in [0.15, 0.2) is 36.9 Å². The number of hydrogen-bond acceptors (Lipinski definition) is 5. The van der Waals surface area contributed by atoms with Crippen molar-refractivity contribution in [1.82, 2.24) is 14.5 Å². The van der Waals surface area contributed by atoms with E-state index >= 15 is 0 Å². The molecule has 0 saturated carbocycles. The van der Waals surface area contributed by atoms with Crippen molar-refractivity contribution in [3.05, 3.63) is 42.6 Å². The van der Waals surface area contributed by atoms with Gasteiger partial charge < -0.3 is 9.47 Å².